The summed E-state index contributed by atoms with van der Waals surface area (Å²) in [4.78, 5) is 18.2. The van der Waals surface area contributed by atoms with Gasteiger partial charge in [-0.25, -0.2) is 14.5 Å². The number of likely N-dealkylation sites (tertiary alicyclic amines) is 1. The van der Waals surface area contributed by atoms with Crippen LogP contribution in [0.2, 0.25) is 0 Å². The van der Waals surface area contributed by atoms with E-state index in [0.717, 1.165) is 44.0 Å². The molecule has 1 saturated heterocycles. The summed E-state index contributed by atoms with van der Waals surface area (Å²) in [5.41, 5.74) is 0. The lowest BCUT2D eigenvalue weighted by atomic mass is 9.94. The fourth-order valence-corrected chi connectivity index (χ4v) is 3.24. The molecule has 1 unspecified atom stereocenters. The van der Waals surface area contributed by atoms with Gasteiger partial charge in [-0.15, -0.1) is 0 Å². The largest absolute Gasteiger partial charge is 0.480 e. The van der Waals surface area contributed by atoms with Crippen LogP contribution >= 0.6 is 0 Å². The number of nitrogens with zero attached hydrogens (tertiary/aromatic N) is 4. The molecule has 20 heavy (non-hydrogen) atoms. The monoisotopic (exact) mass is 278 g/mol. The molecule has 3 rings (SSSR count). The first kappa shape index (κ1) is 13.5. The van der Waals surface area contributed by atoms with Crippen LogP contribution in [0.3, 0.4) is 0 Å². The zero-order valence-corrected chi connectivity index (χ0v) is 12.0. The van der Waals surface area contributed by atoms with Crippen molar-refractivity contribution in [3.8, 4) is 0 Å². The van der Waals surface area contributed by atoms with Crippen LogP contribution in [0.4, 0.5) is 0 Å². The highest BCUT2D eigenvalue weighted by Gasteiger charge is 2.29. The topological polar surface area (TPSA) is 71.2 Å². The molecule has 1 N–H and O–H groups in total. The molecule has 0 bridgehead atoms. The summed E-state index contributed by atoms with van der Waals surface area (Å²) in [6.07, 6.45) is 5.67. The molecular formula is C14H22N4O2. The average molecular weight is 278 g/mol. The van der Waals surface area contributed by atoms with Gasteiger partial charge in [0, 0.05) is 12.8 Å². The van der Waals surface area contributed by atoms with E-state index in [1.165, 1.54) is 12.8 Å². The highest BCUT2D eigenvalue weighted by molar-refractivity contribution is 5.71. The molecule has 0 aromatic carbocycles. The van der Waals surface area contributed by atoms with Crippen molar-refractivity contribution in [3.05, 3.63) is 11.6 Å². The molecule has 1 fully saturated rings. The SMILES string of the molecule is CN1CCC(Cc2nc3n(n2)C(C(=O)O)CCC3)CC1. The number of aryl methyl sites for hydroxylation is 1. The van der Waals surface area contributed by atoms with Gasteiger partial charge in [-0.2, -0.15) is 5.10 Å². The van der Waals surface area contributed by atoms with Crippen LogP contribution in [-0.4, -0.2) is 50.9 Å². The van der Waals surface area contributed by atoms with Crippen molar-refractivity contribution in [1.82, 2.24) is 19.7 Å². The number of carboxylic acid groups (broad SMARTS) is 1. The van der Waals surface area contributed by atoms with E-state index in [4.69, 9.17) is 0 Å². The first-order chi connectivity index (χ1) is 9.63. The maximum atomic E-state index is 11.3. The van der Waals surface area contributed by atoms with Crippen molar-refractivity contribution >= 4 is 5.97 Å². The molecule has 6 heteroatoms. The standard InChI is InChI=1S/C14H22N4O2/c1-17-7-5-10(6-8-17)9-12-15-13-4-2-3-11(14(19)20)18(13)16-12/h10-11H,2-9H2,1H3,(H,19,20). The third-order valence-electron chi connectivity index (χ3n) is 4.51. The number of aromatic nitrogens is 3. The van der Waals surface area contributed by atoms with Gasteiger partial charge >= 0.3 is 5.97 Å². The average Bonchev–Trinajstić information content (AvgIpc) is 2.83. The van der Waals surface area contributed by atoms with Gasteiger partial charge in [0.15, 0.2) is 11.9 Å². The molecule has 2 aliphatic rings. The number of aliphatic carboxylic acids is 1. The van der Waals surface area contributed by atoms with E-state index in [-0.39, 0.29) is 0 Å². The van der Waals surface area contributed by atoms with Crippen LogP contribution in [0, 0.1) is 5.92 Å². The number of hydrogen-bond donors (Lipinski definition) is 1. The Labute approximate surface area is 118 Å². The van der Waals surface area contributed by atoms with Gasteiger partial charge in [0.2, 0.25) is 0 Å². The van der Waals surface area contributed by atoms with E-state index in [1.54, 1.807) is 4.68 Å². The molecule has 6 nitrogen and oxygen atoms in total. The van der Waals surface area contributed by atoms with Gasteiger partial charge < -0.3 is 10.0 Å². The first-order valence-electron chi connectivity index (χ1n) is 7.49. The van der Waals surface area contributed by atoms with E-state index < -0.39 is 12.0 Å². The van der Waals surface area contributed by atoms with E-state index in [2.05, 4.69) is 22.0 Å². The maximum Gasteiger partial charge on any atom is 0.328 e. The number of hydrogen-bond acceptors (Lipinski definition) is 4. The lowest BCUT2D eigenvalue weighted by Gasteiger charge is -2.28. The number of carbonyl (C=O) groups is 1. The minimum Gasteiger partial charge on any atom is -0.480 e. The minimum atomic E-state index is -0.790. The molecule has 0 spiro atoms. The number of rotatable bonds is 3. The predicted molar refractivity (Wildman–Crippen MR) is 73.6 cm³/mol. The third-order valence-corrected chi connectivity index (χ3v) is 4.51. The Kier molecular flexibility index (Phi) is 3.74. The number of piperidine rings is 1. The fourth-order valence-electron chi connectivity index (χ4n) is 3.24. The Balaban J connectivity index is 1.71. The quantitative estimate of drug-likeness (QED) is 0.897. The lowest BCUT2D eigenvalue weighted by molar-refractivity contribution is -0.141. The Morgan fingerprint density at radius 3 is 2.80 bits per heavy atom. The zero-order chi connectivity index (χ0) is 14.1. The fraction of sp³-hybridized carbons (Fsp3) is 0.786. The van der Waals surface area contributed by atoms with E-state index in [1.807, 2.05) is 0 Å². The molecule has 0 aliphatic carbocycles. The van der Waals surface area contributed by atoms with Crippen molar-refractivity contribution in [2.24, 2.45) is 5.92 Å². The second-order valence-corrected chi connectivity index (χ2v) is 6.09. The Morgan fingerprint density at radius 2 is 2.10 bits per heavy atom. The van der Waals surface area contributed by atoms with Crippen LogP contribution in [0.25, 0.3) is 0 Å². The first-order valence-corrected chi connectivity index (χ1v) is 7.49. The van der Waals surface area contributed by atoms with Gasteiger partial charge in [0.1, 0.15) is 5.82 Å². The summed E-state index contributed by atoms with van der Waals surface area (Å²) in [6, 6.07) is -0.516. The molecule has 2 aliphatic heterocycles. The van der Waals surface area contributed by atoms with Crippen LogP contribution < -0.4 is 0 Å². The lowest BCUT2D eigenvalue weighted by Crippen LogP contribution is -2.31. The Morgan fingerprint density at radius 1 is 1.35 bits per heavy atom. The van der Waals surface area contributed by atoms with Gasteiger partial charge in [0.05, 0.1) is 0 Å². The van der Waals surface area contributed by atoms with Gasteiger partial charge in [0.25, 0.3) is 0 Å². The van der Waals surface area contributed by atoms with Crippen molar-refractivity contribution < 1.29 is 9.90 Å². The number of fused-ring (bicyclic) bond motifs is 1. The van der Waals surface area contributed by atoms with Crippen LogP contribution in [0.1, 0.15) is 43.4 Å². The minimum absolute atomic E-state index is 0.516. The van der Waals surface area contributed by atoms with Crippen molar-refractivity contribution in [3.63, 3.8) is 0 Å². The van der Waals surface area contributed by atoms with Gasteiger partial charge in [-0.1, -0.05) is 0 Å². The van der Waals surface area contributed by atoms with Crippen molar-refractivity contribution in [1.29, 1.82) is 0 Å². The predicted octanol–water partition coefficient (Wildman–Crippen LogP) is 1.12. The number of carboxylic acids is 1. The molecule has 110 valence electrons. The second kappa shape index (κ2) is 5.52. The molecule has 1 atom stereocenters. The van der Waals surface area contributed by atoms with Crippen molar-refractivity contribution in [2.45, 2.75) is 44.6 Å². The molecule has 1 aromatic heterocycles. The summed E-state index contributed by atoms with van der Waals surface area (Å²) in [5.74, 6) is 1.54. The maximum absolute atomic E-state index is 11.3. The summed E-state index contributed by atoms with van der Waals surface area (Å²) in [5, 5.41) is 13.7. The zero-order valence-electron chi connectivity index (χ0n) is 12.0. The van der Waals surface area contributed by atoms with Crippen LogP contribution in [0.5, 0.6) is 0 Å². The summed E-state index contributed by atoms with van der Waals surface area (Å²) < 4.78 is 1.65. The second-order valence-electron chi connectivity index (χ2n) is 6.09. The summed E-state index contributed by atoms with van der Waals surface area (Å²) in [7, 11) is 2.15. The van der Waals surface area contributed by atoms with Crippen molar-refractivity contribution in [2.75, 3.05) is 20.1 Å². The molecule has 1 aromatic rings. The summed E-state index contributed by atoms with van der Waals surface area (Å²) in [6.45, 7) is 2.27. The Bertz CT molecular complexity index is 491. The van der Waals surface area contributed by atoms with Gasteiger partial charge in [-0.05, 0) is 51.7 Å². The van der Waals surface area contributed by atoms with E-state index in [0.29, 0.717) is 12.3 Å². The molecular weight excluding hydrogens is 256 g/mol. The van der Waals surface area contributed by atoms with Crippen LogP contribution in [0.15, 0.2) is 0 Å². The molecule has 3 heterocycles. The van der Waals surface area contributed by atoms with Gasteiger partial charge in [-0.3, -0.25) is 0 Å². The molecule has 0 saturated carbocycles. The smallest absolute Gasteiger partial charge is 0.328 e. The van der Waals surface area contributed by atoms with E-state index >= 15 is 0 Å². The molecule has 0 radical (unpaired) electrons. The normalized spacial score (nSPS) is 24.6. The highest BCUT2D eigenvalue weighted by atomic mass is 16.4. The summed E-state index contributed by atoms with van der Waals surface area (Å²) >= 11 is 0. The van der Waals surface area contributed by atoms with E-state index in [9.17, 15) is 9.90 Å². The molecule has 0 amide bonds. The highest BCUT2D eigenvalue weighted by Crippen LogP contribution is 2.25. The Hall–Kier alpha value is -1.43. The van der Waals surface area contributed by atoms with Crippen LogP contribution in [-0.2, 0) is 17.6 Å². The third kappa shape index (κ3) is 2.70.